The maximum Gasteiger partial charge on any atom is 0.231 e. The van der Waals surface area contributed by atoms with Crippen molar-refractivity contribution in [2.45, 2.75) is 26.4 Å². The molecule has 1 aromatic heterocycles. The summed E-state index contributed by atoms with van der Waals surface area (Å²) in [5.41, 5.74) is 0.899. The molecule has 0 unspecified atom stereocenters. The second kappa shape index (κ2) is 5.87. The number of ether oxygens (including phenoxy) is 2. The van der Waals surface area contributed by atoms with E-state index in [4.69, 9.17) is 9.47 Å². The maximum absolute atomic E-state index is 12.0. The van der Waals surface area contributed by atoms with Crippen LogP contribution in [-0.2, 0) is 24.3 Å². The third-order valence-electron chi connectivity index (χ3n) is 3.39. The molecular weight excluding hydrogens is 270 g/mol. The van der Waals surface area contributed by atoms with Crippen LogP contribution in [0.2, 0.25) is 0 Å². The number of carbonyl (C=O) groups excluding carboxylic acids is 1. The van der Waals surface area contributed by atoms with Crippen LogP contribution in [0.3, 0.4) is 0 Å². The van der Waals surface area contributed by atoms with Gasteiger partial charge in [0.15, 0.2) is 11.5 Å². The fourth-order valence-electron chi connectivity index (χ4n) is 2.27. The van der Waals surface area contributed by atoms with Crippen LogP contribution in [0.25, 0.3) is 0 Å². The molecule has 1 amide bonds. The normalized spacial score (nSPS) is 12.4. The lowest BCUT2D eigenvalue weighted by Gasteiger charge is -2.07. The smallest absolute Gasteiger partial charge is 0.231 e. The van der Waals surface area contributed by atoms with Crippen LogP contribution < -0.4 is 14.8 Å². The molecule has 6 heteroatoms. The molecule has 0 spiro atoms. The molecular formula is C15H17N3O3. The van der Waals surface area contributed by atoms with Gasteiger partial charge in [-0.25, -0.2) is 4.98 Å². The maximum atomic E-state index is 12.0. The van der Waals surface area contributed by atoms with Crippen LogP contribution in [0.5, 0.6) is 11.5 Å². The highest BCUT2D eigenvalue weighted by Gasteiger charge is 2.14. The fraction of sp³-hybridized carbons (Fsp3) is 0.333. The Bertz CT molecular complexity index is 651. The summed E-state index contributed by atoms with van der Waals surface area (Å²) in [6, 6.07) is 5.55. The highest BCUT2D eigenvalue weighted by Crippen LogP contribution is 2.32. The molecule has 0 atom stereocenters. The largest absolute Gasteiger partial charge is 0.454 e. The number of aromatic nitrogens is 2. The number of nitrogens with zero attached hydrogens (tertiary/aromatic N) is 2. The van der Waals surface area contributed by atoms with Gasteiger partial charge in [-0.15, -0.1) is 0 Å². The lowest BCUT2D eigenvalue weighted by atomic mass is 10.1. The van der Waals surface area contributed by atoms with Crippen LogP contribution in [0.15, 0.2) is 30.6 Å². The van der Waals surface area contributed by atoms with Gasteiger partial charge in [0.25, 0.3) is 0 Å². The van der Waals surface area contributed by atoms with Gasteiger partial charge in [0.1, 0.15) is 5.82 Å². The van der Waals surface area contributed by atoms with E-state index in [1.807, 2.05) is 35.9 Å². The van der Waals surface area contributed by atoms with Crippen molar-refractivity contribution in [2.24, 2.45) is 0 Å². The zero-order chi connectivity index (χ0) is 14.7. The molecule has 0 bridgehead atoms. The van der Waals surface area contributed by atoms with Crippen molar-refractivity contribution in [3.63, 3.8) is 0 Å². The number of carbonyl (C=O) groups is 1. The van der Waals surface area contributed by atoms with Gasteiger partial charge >= 0.3 is 0 Å². The van der Waals surface area contributed by atoms with E-state index < -0.39 is 0 Å². The van der Waals surface area contributed by atoms with Crippen LogP contribution in [-0.4, -0.2) is 22.3 Å². The van der Waals surface area contributed by atoms with Gasteiger partial charge < -0.3 is 19.4 Å². The third-order valence-corrected chi connectivity index (χ3v) is 3.39. The van der Waals surface area contributed by atoms with E-state index in [1.165, 1.54) is 0 Å². The van der Waals surface area contributed by atoms with E-state index in [1.54, 1.807) is 6.20 Å². The average Bonchev–Trinajstić information content (AvgIpc) is 3.13. The molecule has 6 nitrogen and oxygen atoms in total. The number of benzene rings is 1. The van der Waals surface area contributed by atoms with E-state index in [0.29, 0.717) is 18.7 Å². The first-order valence-corrected chi connectivity index (χ1v) is 6.91. The summed E-state index contributed by atoms with van der Waals surface area (Å²) in [5.74, 6) is 2.24. The van der Waals surface area contributed by atoms with Crippen molar-refractivity contribution in [3.05, 3.63) is 42.0 Å². The van der Waals surface area contributed by atoms with Crippen molar-refractivity contribution < 1.29 is 14.3 Å². The summed E-state index contributed by atoms with van der Waals surface area (Å²) in [4.78, 5) is 16.2. The van der Waals surface area contributed by atoms with Gasteiger partial charge in [-0.1, -0.05) is 6.07 Å². The first-order valence-electron chi connectivity index (χ1n) is 6.91. The van der Waals surface area contributed by atoms with Gasteiger partial charge in [-0.05, 0) is 24.6 Å². The van der Waals surface area contributed by atoms with Crippen molar-refractivity contribution >= 4 is 5.91 Å². The summed E-state index contributed by atoms with van der Waals surface area (Å²) in [6.07, 6.45) is 3.95. The summed E-state index contributed by atoms with van der Waals surface area (Å²) in [6.45, 7) is 3.56. The number of aryl methyl sites for hydroxylation is 1. The van der Waals surface area contributed by atoms with Gasteiger partial charge in [0.2, 0.25) is 12.7 Å². The van der Waals surface area contributed by atoms with E-state index in [0.717, 1.165) is 23.7 Å². The first kappa shape index (κ1) is 13.5. The molecule has 0 saturated heterocycles. The molecule has 0 saturated carbocycles. The zero-order valence-corrected chi connectivity index (χ0v) is 11.8. The Hall–Kier alpha value is -2.50. The Balaban J connectivity index is 1.57. The Morgan fingerprint density at radius 1 is 1.38 bits per heavy atom. The average molecular weight is 287 g/mol. The number of hydrogen-bond acceptors (Lipinski definition) is 4. The topological polar surface area (TPSA) is 65.4 Å². The van der Waals surface area contributed by atoms with Crippen LogP contribution in [0.4, 0.5) is 0 Å². The molecule has 21 heavy (non-hydrogen) atoms. The molecule has 2 aromatic rings. The standard InChI is InChI=1S/C15H17N3O3/c1-2-18-6-5-16-14(18)9-17-15(19)8-11-3-4-12-13(7-11)21-10-20-12/h3-7H,2,8-10H2,1H3,(H,17,19). The number of fused-ring (bicyclic) bond motifs is 1. The molecule has 1 aliphatic rings. The predicted molar refractivity (Wildman–Crippen MR) is 76.0 cm³/mol. The minimum atomic E-state index is -0.0421. The van der Waals surface area contributed by atoms with Gasteiger partial charge in [-0.2, -0.15) is 0 Å². The highest BCUT2D eigenvalue weighted by molar-refractivity contribution is 5.78. The summed E-state index contributed by atoms with van der Waals surface area (Å²) >= 11 is 0. The quantitative estimate of drug-likeness (QED) is 0.905. The lowest BCUT2D eigenvalue weighted by Crippen LogP contribution is -2.26. The van der Waals surface area contributed by atoms with Gasteiger partial charge in [-0.3, -0.25) is 4.79 Å². The molecule has 1 N–H and O–H groups in total. The number of nitrogens with one attached hydrogen (secondary N) is 1. The van der Waals surface area contributed by atoms with E-state index in [9.17, 15) is 4.79 Å². The molecule has 110 valence electrons. The van der Waals surface area contributed by atoms with Crippen molar-refractivity contribution in [2.75, 3.05) is 6.79 Å². The Kier molecular flexibility index (Phi) is 3.77. The van der Waals surface area contributed by atoms with Crippen LogP contribution in [0.1, 0.15) is 18.3 Å². The number of imidazole rings is 1. The van der Waals surface area contributed by atoms with Crippen molar-refractivity contribution in [1.82, 2.24) is 14.9 Å². The van der Waals surface area contributed by atoms with E-state index in [-0.39, 0.29) is 12.7 Å². The van der Waals surface area contributed by atoms with Gasteiger partial charge in [0, 0.05) is 18.9 Å². The molecule has 0 fully saturated rings. The van der Waals surface area contributed by atoms with Crippen LogP contribution >= 0.6 is 0 Å². The Morgan fingerprint density at radius 2 is 2.24 bits per heavy atom. The summed E-state index contributed by atoms with van der Waals surface area (Å²) in [5, 5.41) is 2.88. The number of amides is 1. The predicted octanol–water partition coefficient (Wildman–Crippen LogP) is 1.49. The summed E-state index contributed by atoms with van der Waals surface area (Å²) < 4.78 is 12.6. The molecule has 2 heterocycles. The second-order valence-electron chi connectivity index (χ2n) is 4.77. The minimum absolute atomic E-state index is 0.0421. The molecule has 1 aromatic carbocycles. The Labute approximate surface area is 122 Å². The third kappa shape index (κ3) is 2.99. The first-order chi connectivity index (χ1) is 10.3. The Morgan fingerprint density at radius 3 is 3.10 bits per heavy atom. The number of hydrogen-bond donors (Lipinski definition) is 1. The van der Waals surface area contributed by atoms with Gasteiger partial charge in [0.05, 0.1) is 13.0 Å². The molecule has 0 radical (unpaired) electrons. The minimum Gasteiger partial charge on any atom is -0.454 e. The lowest BCUT2D eigenvalue weighted by molar-refractivity contribution is -0.120. The molecule has 0 aliphatic carbocycles. The fourth-order valence-corrected chi connectivity index (χ4v) is 2.27. The molecule has 1 aliphatic heterocycles. The SMILES string of the molecule is CCn1ccnc1CNC(=O)Cc1ccc2c(c1)OCO2. The van der Waals surface area contributed by atoms with E-state index >= 15 is 0 Å². The number of rotatable bonds is 5. The summed E-state index contributed by atoms with van der Waals surface area (Å²) in [7, 11) is 0. The second-order valence-corrected chi connectivity index (χ2v) is 4.77. The van der Waals surface area contributed by atoms with Crippen LogP contribution in [0, 0.1) is 0 Å². The monoisotopic (exact) mass is 287 g/mol. The van der Waals surface area contributed by atoms with E-state index in [2.05, 4.69) is 10.3 Å². The van der Waals surface area contributed by atoms with Crippen molar-refractivity contribution in [1.29, 1.82) is 0 Å². The molecule has 3 rings (SSSR count). The zero-order valence-electron chi connectivity index (χ0n) is 11.8. The van der Waals surface area contributed by atoms with Crippen molar-refractivity contribution in [3.8, 4) is 11.5 Å². The highest BCUT2D eigenvalue weighted by atomic mass is 16.7.